The van der Waals surface area contributed by atoms with Crippen LogP contribution >= 0.6 is 24.0 Å². The van der Waals surface area contributed by atoms with Crippen LogP contribution < -0.4 is 5.32 Å². The number of aromatic nitrogens is 1. The largest absolute Gasteiger partial charge is 0.467 e. The van der Waals surface area contributed by atoms with Gasteiger partial charge < -0.3 is 19.5 Å². The van der Waals surface area contributed by atoms with Gasteiger partial charge in [-0.25, -0.2) is 4.79 Å². The number of carbonyl (C=O) groups is 2. The normalized spacial score (nSPS) is 16.3. The fourth-order valence-corrected chi connectivity index (χ4v) is 5.53. The van der Waals surface area contributed by atoms with Crippen LogP contribution in [0.4, 0.5) is 5.69 Å². The van der Waals surface area contributed by atoms with Crippen molar-refractivity contribution in [1.29, 1.82) is 0 Å². The molecule has 0 saturated carbocycles. The predicted octanol–water partition coefficient (Wildman–Crippen LogP) is 5.93. The summed E-state index contributed by atoms with van der Waals surface area (Å²) in [5.41, 5.74) is 3.33. The minimum Gasteiger partial charge on any atom is -0.467 e. The first-order valence-corrected chi connectivity index (χ1v) is 13.3. The van der Waals surface area contributed by atoms with Crippen molar-refractivity contribution in [2.24, 2.45) is 5.92 Å². The van der Waals surface area contributed by atoms with Crippen LogP contribution in [0.15, 0.2) is 76.8 Å². The van der Waals surface area contributed by atoms with Crippen molar-refractivity contribution in [3.05, 3.63) is 94.9 Å². The Morgan fingerprint density at radius 1 is 1.19 bits per heavy atom. The molecule has 1 aromatic heterocycles. The first-order chi connectivity index (χ1) is 17.9. The molecule has 7 nitrogen and oxygen atoms in total. The van der Waals surface area contributed by atoms with Crippen molar-refractivity contribution in [1.82, 2.24) is 10.1 Å². The van der Waals surface area contributed by atoms with Crippen molar-refractivity contribution in [2.45, 2.75) is 38.1 Å². The van der Waals surface area contributed by atoms with Crippen LogP contribution in [0.2, 0.25) is 0 Å². The molecular weight excluding hydrogens is 506 g/mol. The summed E-state index contributed by atoms with van der Waals surface area (Å²) in [5, 5.41) is 9.09. The number of thiocarbonyl (C=S) groups is 1. The zero-order valence-corrected chi connectivity index (χ0v) is 22.6. The molecule has 1 N–H and O–H groups in total. The number of anilines is 1. The third kappa shape index (κ3) is 6.67. The van der Waals surface area contributed by atoms with Crippen LogP contribution in [0.1, 0.15) is 46.1 Å². The minimum atomic E-state index is -0.454. The van der Waals surface area contributed by atoms with Gasteiger partial charge in [0, 0.05) is 42.3 Å². The molecule has 1 aliphatic heterocycles. The number of rotatable bonds is 10. The maximum Gasteiger partial charge on any atom is 0.327 e. The lowest BCUT2D eigenvalue weighted by molar-refractivity contribution is -0.141. The Bertz CT molecular complexity index is 1270. The number of ketones is 1. The molecule has 0 radical (unpaired) electrons. The van der Waals surface area contributed by atoms with E-state index in [1.54, 1.807) is 18.7 Å². The highest BCUT2D eigenvalue weighted by Crippen LogP contribution is 2.41. The molecule has 192 valence electrons. The van der Waals surface area contributed by atoms with Crippen LogP contribution in [-0.2, 0) is 16.0 Å². The summed E-state index contributed by atoms with van der Waals surface area (Å²) in [4.78, 5) is 27.6. The summed E-state index contributed by atoms with van der Waals surface area (Å²) in [6, 6.07) is 18.6. The molecule has 0 amide bonds. The number of aryl methyl sites for hydroxylation is 1. The lowest BCUT2D eigenvalue weighted by Crippen LogP contribution is -2.33. The summed E-state index contributed by atoms with van der Waals surface area (Å²) in [7, 11) is 1.37. The van der Waals surface area contributed by atoms with Gasteiger partial charge in [0.2, 0.25) is 0 Å². The number of Topliss-reactive ketones (excluding diaryl/α,β-unsaturated/α-hetero) is 1. The Morgan fingerprint density at radius 2 is 1.92 bits per heavy atom. The molecule has 0 fully saturated rings. The van der Waals surface area contributed by atoms with Crippen LogP contribution in [0.3, 0.4) is 0 Å². The molecule has 0 spiro atoms. The van der Waals surface area contributed by atoms with E-state index in [0.717, 1.165) is 16.9 Å². The van der Waals surface area contributed by atoms with E-state index < -0.39 is 6.04 Å². The number of thioether (sulfide) groups is 1. The quantitative estimate of drug-likeness (QED) is 0.193. The second kappa shape index (κ2) is 12.2. The summed E-state index contributed by atoms with van der Waals surface area (Å²) >= 11 is 7.64. The van der Waals surface area contributed by atoms with Gasteiger partial charge in [-0.15, -0.1) is 11.8 Å². The van der Waals surface area contributed by atoms with Gasteiger partial charge in [-0.2, -0.15) is 0 Å². The van der Waals surface area contributed by atoms with Crippen molar-refractivity contribution in [3.8, 4) is 0 Å². The molecule has 9 heteroatoms. The van der Waals surface area contributed by atoms with Crippen molar-refractivity contribution in [3.63, 3.8) is 0 Å². The Balaban J connectivity index is 1.52. The predicted molar refractivity (Wildman–Crippen MR) is 149 cm³/mol. The SMILES string of the molecule is COC(=O)[C@H](C)Nc1ccc(C2SC=CN2C(=S)C(CC(=O)c2ccccc2)Cc2cc(C)no2)cc1. The van der Waals surface area contributed by atoms with E-state index in [1.165, 1.54) is 7.11 Å². The van der Waals surface area contributed by atoms with E-state index in [1.807, 2.05) is 84.1 Å². The van der Waals surface area contributed by atoms with E-state index in [-0.39, 0.29) is 29.5 Å². The molecule has 1 aliphatic rings. The molecule has 0 aliphatic carbocycles. The average molecular weight is 536 g/mol. The standard InChI is InChI=1S/C28H29N3O4S2/c1-18-15-24(35-30-18)16-22(17-25(32)20-7-5-4-6-8-20)26(36)31-13-14-37-27(31)21-9-11-23(12-10-21)29-19(2)28(33)34-3/h4-15,19,22,27,29H,16-17H2,1-3H3/t19-,22?,27?/m0/s1. The molecule has 3 atom stereocenters. The van der Waals surface area contributed by atoms with E-state index in [9.17, 15) is 9.59 Å². The highest BCUT2D eigenvalue weighted by Gasteiger charge is 2.31. The Kier molecular flexibility index (Phi) is 8.78. The number of benzene rings is 2. The molecule has 4 rings (SSSR count). The van der Waals surface area contributed by atoms with Crippen LogP contribution in [0, 0.1) is 12.8 Å². The fourth-order valence-electron chi connectivity index (χ4n) is 4.16. The Morgan fingerprint density at radius 3 is 2.57 bits per heavy atom. The molecular formula is C28H29N3O4S2. The lowest BCUT2D eigenvalue weighted by Gasteiger charge is -2.30. The van der Waals surface area contributed by atoms with Gasteiger partial charge >= 0.3 is 5.97 Å². The third-order valence-electron chi connectivity index (χ3n) is 6.07. The minimum absolute atomic E-state index is 0.0340. The number of carbonyl (C=O) groups excluding carboxylic acids is 2. The van der Waals surface area contributed by atoms with Crippen LogP contribution in [0.5, 0.6) is 0 Å². The summed E-state index contributed by atoms with van der Waals surface area (Å²) in [6.07, 6.45) is 2.71. The van der Waals surface area contributed by atoms with Gasteiger partial charge in [-0.1, -0.05) is 59.8 Å². The maximum atomic E-state index is 13.1. The zero-order chi connectivity index (χ0) is 26.4. The Hall–Kier alpha value is -3.43. The number of nitrogens with one attached hydrogen (secondary N) is 1. The fraction of sp³-hybridized carbons (Fsp3) is 0.286. The van der Waals surface area contributed by atoms with Gasteiger partial charge in [0.15, 0.2) is 5.78 Å². The number of esters is 1. The molecule has 0 saturated heterocycles. The van der Waals surface area contributed by atoms with E-state index in [0.29, 0.717) is 22.7 Å². The van der Waals surface area contributed by atoms with Gasteiger partial charge in [0.1, 0.15) is 17.2 Å². The Labute approximate surface area is 226 Å². The second-order valence-corrected chi connectivity index (χ2v) is 10.3. The maximum absolute atomic E-state index is 13.1. The zero-order valence-electron chi connectivity index (χ0n) is 20.9. The summed E-state index contributed by atoms with van der Waals surface area (Å²) in [6.45, 7) is 3.62. The number of ether oxygens (including phenoxy) is 1. The first-order valence-electron chi connectivity index (χ1n) is 11.9. The molecule has 2 unspecified atom stereocenters. The van der Waals surface area contributed by atoms with Crippen molar-refractivity contribution in [2.75, 3.05) is 12.4 Å². The van der Waals surface area contributed by atoms with Crippen molar-refractivity contribution >= 4 is 46.4 Å². The smallest absolute Gasteiger partial charge is 0.327 e. The molecule has 2 heterocycles. The van der Waals surface area contributed by atoms with Gasteiger partial charge in [0.05, 0.1) is 17.8 Å². The summed E-state index contributed by atoms with van der Waals surface area (Å²) < 4.78 is 10.3. The third-order valence-corrected chi connectivity index (χ3v) is 7.65. The molecule has 3 aromatic rings. The van der Waals surface area contributed by atoms with Gasteiger partial charge in [-0.05, 0) is 37.0 Å². The van der Waals surface area contributed by atoms with Gasteiger partial charge in [0.25, 0.3) is 0 Å². The number of hydrogen-bond donors (Lipinski definition) is 1. The van der Waals surface area contributed by atoms with Crippen molar-refractivity contribution < 1.29 is 18.8 Å². The molecule has 2 aromatic carbocycles. The molecule has 37 heavy (non-hydrogen) atoms. The van der Waals surface area contributed by atoms with Crippen LogP contribution in [0.25, 0.3) is 0 Å². The van der Waals surface area contributed by atoms with Gasteiger partial charge in [-0.3, -0.25) is 4.79 Å². The average Bonchev–Trinajstić information content (AvgIpc) is 3.57. The lowest BCUT2D eigenvalue weighted by atomic mass is 9.93. The topological polar surface area (TPSA) is 84.7 Å². The van der Waals surface area contributed by atoms with Crippen LogP contribution in [-0.4, -0.2) is 39.9 Å². The second-order valence-electron chi connectivity index (χ2n) is 8.86. The highest BCUT2D eigenvalue weighted by atomic mass is 32.2. The molecule has 0 bridgehead atoms. The highest BCUT2D eigenvalue weighted by molar-refractivity contribution is 8.02. The monoisotopic (exact) mass is 535 g/mol. The van der Waals surface area contributed by atoms with E-state index >= 15 is 0 Å². The summed E-state index contributed by atoms with van der Waals surface area (Å²) in [5.74, 6) is 0.164. The number of methoxy groups -OCH3 is 1. The van der Waals surface area contributed by atoms with E-state index in [4.69, 9.17) is 21.5 Å². The van der Waals surface area contributed by atoms with E-state index in [2.05, 4.69) is 10.5 Å². The number of hydrogen-bond acceptors (Lipinski definition) is 8. The first kappa shape index (κ1) is 26.6. The number of nitrogens with zero attached hydrogens (tertiary/aromatic N) is 2.